The van der Waals surface area contributed by atoms with Crippen LogP contribution < -0.4 is 4.90 Å². The van der Waals surface area contributed by atoms with Crippen LogP contribution in [0.5, 0.6) is 0 Å². The number of methoxy groups -OCH3 is 1. The van der Waals surface area contributed by atoms with E-state index in [2.05, 4.69) is 4.90 Å². The Hall–Kier alpha value is -3.48. The van der Waals surface area contributed by atoms with E-state index in [4.69, 9.17) is 14.2 Å². The van der Waals surface area contributed by atoms with Crippen LogP contribution in [-0.4, -0.2) is 129 Å². The third-order valence-electron chi connectivity index (χ3n) is 9.25. The number of carbonyl (C=O) groups excluding carboxylic acids is 3. The minimum Gasteiger partial charge on any atom is -0.457 e. The molecule has 0 radical (unpaired) electrons. The number of hydrogen-bond donors (Lipinski definition) is 1. The molecule has 4 rings (SSSR count). The number of rotatable bonds is 7. The van der Waals surface area contributed by atoms with Crippen molar-refractivity contribution in [1.82, 2.24) is 14.7 Å². The van der Waals surface area contributed by atoms with Crippen LogP contribution in [0.1, 0.15) is 45.6 Å². The standard InChI is InChI=1S/C35H51FN4O7/c1-24-6-8-30(41)22-33(43)47-34(25(2)7-9-31(24)46-35(44)39-12-10-37(4)11-13-39)26(3)18-27-19-28(36)21-29(20-27)40-15-14-38(16-17-45-5)32(42)23-40/h7,9,18-21,24-25,30-31,34,41H,6,8,10-17,22-23H2,1-5H3/b9-7-,26-18+/t24-,25-,30+,31-,34-/m0/s1. The predicted molar refractivity (Wildman–Crippen MR) is 177 cm³/mol. The number of cyclic esters (lactones) is 1. The van der Waals surface area contributed by atoms with Crippen molar-refractivity contribution in [3.05, 3.63) is 47.3 Å². The molecule has 0 aromatic heterocycles. The first-order chi connectivity index (χ1) is 22.4. The molecule has 0 unspecified atom stereocenters. The number of hydrogen-bond acceptors (Lipinski definition) is 9. The lowest BCUT2D eigenvalue weighted by Gasteiger charge is -2.35. The molecule has 2 fully saturated rings. The molecular formula is C35H51FN4O7. The van der Waals surface area contributed by atoms with Crippen LogP contribution >= 0.6 is 0 Å². The largest absolute Gasteiger partial charge is 0.457 e. The maximum Gasteiger partial charge on any atom is 0.410 e. The normalized spacial score (nSPS) is 27.9. The average Bonchev–Trinajstić information content (AvgIpc) is 3.03. The lowest BCUT2D eigenvalue weighted by atomic mass is 9.91. The van der Waals surface area contributed by atoms with Gasteiger partial charge in [0, 0.05) is 64.5 Å². The van der Waals surface area contributed by atoms with Crippen molar-refractivity contribution in [2.45, 2.75) is 58.3 Å². The summed E-state index contributed by atoms with van der Waals surface area (Å²) in [5, 5.41) is 10.6. The van der Waals surface area contributed by atoms with Crippen LogP contribution in [0.3, 0.4) is 0 Å². The number of anilines is 1. The van der Waals surface area contributed by atoms with Crippen LogP contribution in [0.25, 0.3) is 6.08 Å². The predicted octanol–water partition coefficient (Wildman–Crippen LogP) is 3.56. The van der Waals surface area contributed by atoms with Crippen LogP contribution in [-0.2, 0) is 23.8 Å². The molecule has 1 aromatic carbocycles. The number of amides is 2. The minimum atomic E-state index is -0.897. The highest BCUT2D eigenvalue weighted by Gasteiger charge is 2.29. The highest BCUT2D eigenvalue weighted by Crippen LogP contribution is 2.28. The Morgan fingerprint density at radius 2 is 1.81 bits per heavy atom. The van der Waals surface area contributed by atoms with Gasteiger partial charge in [-0.25, -0.2) is 9.18 Å². The molecule has 0 aliphatic carbocycles. The van der Waals surface area contributed by atoms with E-state index in [0.717, 1.165) is 13.1 Å². The summed E-state index contributed by atoms with van der Waals surface area (Å²) in [5.74, 6) is -1.42. The lowest BCUT2D eigenvalue weighted by molar-refractivity contribution is -0.151. The van der Waals surface area contributed by atoms with Gasteiger partial charge in [-0.2, -0.15) is 0 Å². The van der Waals surface area contributed by atoms with Gasteiger partial charge in [0.2, 0.25) is 5.91 Å². The summed E-state index contributed by atoms with van der Waals surface area (Å²) >= 11 is 0. The van der Waals surface area contributed by atoms with Crippen molar-refractivity contribution >= 4 is 29.7 Å². The molecule has 3 heterocycles. The summed E-state index contributed by atoms with van der Waals surface area (Å²) in [6.07, 6.45) is 3.79. The summed E-state index contributed by atoms with van der Waals surface area (Å²) in [5.41, 5.74) is 1.84. The second-order valence-electron chi connectivity index (χ2n) is 13.1. The van der Waals surface area contributed by atoms with Gasteiger partial charge in [-0.05, 0) is 68.1 Å². The second-order valence-corrected chi connectivity index (χ2v) is 13.1. The van der Waals surface area contributed by atoms with E-state index in [1.807, 2.05) is 50.9 Å². The third kappa shape index (κ3) is 10.5. The Morgan fingerprint density at radius 1 is 1.06 bits per heavy atom. The number of ether oxygens (including phenoxy) is 3. The molecule has 12 heteroatoms. The molecule has 3 aliphatic heterocycles. The van der Waals surface area contributed by atoms with E-state index >= 15 is 0 Å². The Bertz CT molecular complexity index is 1300. The number of piperazine rings is 2. The van der Waals surface area contributed by atoms with E-state index in [1.165, 1.54) is 12.1 Å². The summed E-state index contributed by atoms with van der Waals surface area (Å²) in [6, 6.07) is 4.64. The van der Waals surface area contributed by atoms with Gasteiger partial charge in [0.25, 0.3) is 0 Å². The summed E-state index contributed by atoms with van der Waals surface area (Å²) in [4.78, 5) is 46.2. The van der Waals surface area contributed by atoms with Crippen molar-refractivity contribution < 1.29 is 38.1 Å². The highest BCUT2D eigenvalue weighted by atomic mass is 19.1. The number of likely N-dealkylation sites (N-methyl/N-ethyl adjacent to an activating group) is 1. The Balaban J connectivity index is 1.54. The zero-order valence-electron chi connectivity index (χ0n) is 28.4. The van der Waals surface area contributed by atoms with E-state index in [1.54, 1.807) is 23.0 Å². The number of nitrogens with zero attached hydrogens (tertiary/aromatic N) is 4. The number of aliphatic hydroxyl groups excluding tert-OH is 1. The van der Waals surface area contributed by atoms with Gasteiger partial charge < -0.3 is 38.9 Å². The second kappa shape index (κ2) is 17.1. The summed E-state index contributed by atoms with van der Waals surface area (Å²) < 4.78 is 31.9. The first-order valence-electron chi connectivity index (χ1n) is 16.6. The fourth-order valence-electron chi connectivity index (χ4n) is 6.20. The highest BCUT2D eigenvalue weighted by molar-refractivity contribution is 5.83. The van der Waals surface area contributed by atoms with Gasteiger partial charge >= 0.3 is 12.1 Å². The van der Waals surface area contributed by atoms with Crippen LogP contribution in [0, 0.1) is 17.7 Å². The van der Waals surface area contributed by atoms with Gasteiger partial charge in [-0.1, -0.05) is 26.0 Å². The first kappa shape index (κ1) is 36.4. The van der Waals surface area contributed by atoms with Crippen molar-refractivity contribution in [3.8, 4) is 0 Å². The SMILES string of the molecule is COCCN1CCN(c2cc(F)cc(/C=C(\C)[C@H]3OC(=O)C[C@H](O)CC[C@H](C)[C@@H](OC(=O)N4CCN(C)CC4)/C=C\[C@@H]3C)c2)CC1=O. The van der Waals surface area contributed by atoms with E-state index < -0.39 is 30.1 Å². The molecule has 0 saturated carbocycles. The van der Waals surface area contributed by atoms with Crippen molar-refractivity contribution in [2.75, 3.05) is 78.0 Å². The smallest absolute Gasteiger partial charge is 0.410 e. The molecule has 3 aliphatic rings. The van der Waals surface area contributed by atoms with Crippen molar-refractivity contribution in [1.29, 1.82) is 0 Å². The third-order valence-corrected chi connectivity index (χ3v) is 9.25. The molecule has 2 amide bonds. The topological polar surface area (TPSA) is 112 Å². The van der Waals surface area contributed by atoms with Crippen molar-refractivity contribution in [2.24, 2.45) is 11.8 Å². The lowest BCUT2D eigenvalue weighted by Crippen LogP contribution is -2.51. The average molecular weight is 659 g/mol. The quantitative estimate of drug-likeness (QED) is 0.347. The molecule has 260 valence electrons. The Morgan fingerprint density at radius 3 is 2.51 bits per heavy atom. The number of carbonyl (C=O) groups is 3. The Kier molecular flexibility index (Phi) is 13.2. The molecule has 11 nitrogen and oxygen atoms in total. The zero-order valence-corrected chi connectivity index (χ0v) is 28.4. The monoisotopic (exact) mass is 658 g/mol. The van der Waals surface area contributed by atoms with E-state index in [9.17, 15) is 23.9 Å². The van der Waals surface area contributed by atoms with Gasteiger partial charge in [0.15, 0.2) is 0 Å². The van der Waals surface area contributed by atoms with Gasteiger partial charge in [-0.3, -0.25) is 9.59 Å². The molecule has 0 bridgehead atoms. The molecule has 0 spiro atoms. The molecular weight excluding hydrogens is 607 g/mol. The first-order valence-corrected chi connectivity index (χ1v) is 16.6. The van der Waals surface area contributed by atoms with Crippen LogP contribution in [0.15, 0.2) is 35.9 Å². The van der Waals surface area contributed by atoms with E-state index in [0.29, 0.717) is 69.0 Å². The maximum absolute atomic E-state index is 14.9. The van der Waals surface area contributed by atoms with Crippen LogP contribution in [0.2, 0.25) is 0 Å². The van der Waals surface area contributed by atoms with Crippen LogP contribution in [0.4, 0.5) is 14.9 Å². The number of aliphatic hydroxyl groups is 1. The molecule has 47 heavy (non-hydrogen) atoms. The number of esters is 1. The molecule has 2 saturated heterocycles. The minimum absolute atomic E-state index is 0.0457. The molecule has 1 N–H and O–H groups in total. The summed E-state index contributed by atoms with van der Waals surface area (Å²) in [7, 11) is 3.62. The van der Waals surface area contributed by atoms with Gasteiger partial charge in [-0.15, -0.1) is 0 Å². The molecule has 1 aromatic rings. The maximum atomic E-state index is 14.9. The zero-order chi connectivity index (χ0) is 34.1. The fraction of sp³-hybridized carbons (Fsp3) is 0.629. The number of halogens is 1. The van der Waals surface area contributed by atoms with E-state index in [-0.39, 0.29) is 36.8 Å². The summed E-state index contributed by atoms with van der Waals surface area (Å²) in [6.45, 7) is 10.6. The molecule has 5 atom stereocenters. The number of benzene rings is 1. The van der Waals surface area contributed by atoms with Gasteiger partial charge in [0.05, 0.1) is 25.7 Å². The van der Waals surface area contributed by atoms with Gasteiger partial charge in [0.1, 0.15) is 18.0 Å². The fourth-order valence-corrected chi connectivity index (χ4v) is 6.20. The Labute approximate surface area is 277 Å². The van der Waals surface area contributed by atoms with Crippen molar-refractivity contribution in [3.63, 3.8) is 0 Å².